The average molecular weight is 270 g/mol. The number of likely N-dealkylation sites (N-methyl/N-ethyl adjacent to an activating group) is 2. The van der Waals surface area contributed by atoms with E-state index in [0.29, 0.717) is 12.1 Å². The second kappa shape index (κ2) is 8.23. The van der Waals surface area contributed by atoms with Crippen molar-refractivity contribution in [2.75, 3.05) is 32.7 Å². The molecule has 0 aliphatic heterocycles. The lowest BCUT2D eigenvalue weighted by Crippen LogP contribution is -2.34. The van der Waals surface area contributed by atoms with Crippen LogP contribution in [0.3, 0.4) is 0 Å². The zero-order valence-corrected chi connectivity index (χ0v) is 12.1. The van der Waals surface area contributed by atoms with Crippen molar-refractivity contribution in [3.05, 3.63) is 35.4 Å². The molecule has 0 bridgehead atoms. The van der Waals surface area contributed by atoms with Gasteiger partial charge in [0.05, 0.1) is 0 Å². The van der Waals surface area contributed by atoms with Gasteiger partial charge in [0.2, 0.25) is 0 Å². The van der Waals surface area contributed by atoms with Crippen molar-refractivity contribution in [3.8, 4) is 0 Å². The lowest BCUT2D eigenvalue weighted by atomic mass is 10.2. The highest BCUT2D eigenvalue weighted by molar-refractivity contribution is 5.18. The average Bonchev–Trinajstić information content (AvgIpc) is 2.42. The highest BCUT2D eigenvalue weighted by Gasteiger charge is 2.10. The van der Waals surface area contributed by atoms with Crippen molar-refractivity contribution in [2.45, 2.75) is 27.3 Å². The van der Waals surface area contributed by atoms with Crippen molar-refractivity contribution in [2.24, 2.45) is 0 Å². The van der Waals surface area contributed by atoms with Crippen LogP contribution in [0, 0.1) is 11.6 Å². The third-order valence-electron chi connectivity index (χ3n) is 3.48. The molecule has 4 heteroatoms. The second-order valence-electron chi connectivity index (χ2n) is 4.63. The second-order valence-corrected chi connectivity index (χ2v) is 4.63. The molecule has 0 unspecified atom stereocenters. The lowest BCUT2D eigenvalue weighted by Gasteiger charge is -2.25. The normalized spacial score (nSPS) is 11.5. The molecule has 0 atom stereocenters. The summed E-state index contributed by atoms with van der Waals surface area (Å²) in [5.74, 6) is -0.709. The molecule has 1 aromatic rings. The Kier molecular flexibility index (Phi) is 6.95. The minimum absolute atomic E-state index is 0.331. The van der Waals surface area contributed by atoms with Gasteiger partial charge in [0.15, 0.2) is 0 Å². The first-order chi connectivity index (χ1) is 9.10. The van der Waals surface area contributed by atoms with Crippen LogP contribution in [-0.4, -0.2) is 42.5 Å². The summed E-state index contributed by atoms with van der Waals surface area (Å²) in [6.45, 7) is 11.5. The monoisotopic (exact) mass is 270 g/mol. The van der Waals surface area contributed by atoms with E-state index >= 15 is 0 Å². The maximum absolute atomic E-state index is 13.6. The predicted molar refractivity (Wildman–Crippen MR) is 75.1 cm³/mol. The van der Waals surface area contributed by atoms with Crippen LogP contribution in [0.1, 0.15) is 26.3 Å². The Bertz CT molecular complexity index is 378. The van der Waals surface area contributed by atoms with Gasteiger partial charge < -0.3 is 4.90 Å². The summed E-state index contributed by atoms with van der Waals surface area (Å²) in [6, 6.07) is 3.64. The molecule has 0 heterocycles. The van der Waals surface area contributed by atoms with Crippen molar-refractivity contribution in [1.29, 1.82) is 0 Å². The number of halogens is 2. The highest BCUT2D eigenvalue weighted by Crippen LogP contribution is 2.12. The van der Waals surface area contributed by atoms with Crippen LogP contribution in [0.15, 0.2) is 18.2 Å². The van der Waals surface area contributed by atoms with E-state index in [4.69, 9.17) is 0 Å². The summed E-state index contributed by atoms with van der Waals surface area (Å²) in [4.78, 5) is 4.46. The van der Waals surface area contributed by atoms with Crippen LogP contribution in [0.2, 0.25) is 0 Å². The summed E-state index contributed by atoms with van der Waals surface area (Å²) < 4.78 is 26.7. The molecular formula is C15H24F2N2. The quantitative estimate of drug-likeness (QED) is 0.716. The molecule has 0 N–H and O–H groups in total. The van der Waals surface area contributed by atoms with Gasteiger partial charge in [0, 0.05) is 25.2 Å². The third-order valence-corrected chi connectivity index (χ3v) is 3.48. The Morgan fingerprint density at radius 1 is 0.895 bits per heavy atom. The Balaban J connectivity index is 2.58. The standard InChI is InChI=1S/C15H24F2N2/c1-4-18(5-2)9-10-19(6-3)12-13-11-14(16)7-8-15(13)17/h7-8,11H,4-6,9-10,12H2,1-3H3. The molecule has 19 heavy (non-hydrogen) atoms. The maximum atomic E-state index is 13.6. The van der Waals surface area contributed by atoms with Crippen LogP contribution >= 0.6 is 0 Å². The third kappa shape index (κ3) is 5.25. The van der Waals surface area contributed by atoms with Gasteiger partial charge >= 0.3 is 0 Å². The smallest absolute Gasteiger partial charge is 0.127 e. The number of hydrogen-bond acceptors (Lipinski definition) is 2. The van der Waals surface area contributed by atoms with Crippen molar-refractivity contribution in [1.82, 2.24) is 9.80 Å². The number of rotatable bonds is 8. The van der Waals surface area contributed by atoms with Gasteiger partial charge in [-0.3, -0.25) is 4.90 Å². The van der Waals surface area contributed by atoms with Crippen LogP contribution in [0.5, 0.6) is 0 Å². The van der Waals surface area contributed by atoms with Gasteiger partial charge in [-0.15, -0.1) is 0 Å². The molecule has 0 spiro atoms. The molecule has 1 aromatic carbocycles. The van der Waals surface area contributed by atoms with Crippen LogP contribution in [0.4, 0.5) is 8.78 Å². The summed E-state index contributed by atoms with van der Waals surface area (Å²) >= 11 is 0. The minimum atomic E-state index is -0.379. The number of nitrogens with zero attached hydrogens (tertiary/aromatic N) is 2. The van der Waals surface area contributed by atoms with E-state index in [1.165, 1.54) is 12.1 Å². The van der Waals surface area contributed by atoms with E-state index in [9.17, 15) is 8.78 Å². The molecule has 0 fully saturated rings. The van der Waals surface area contributed by atoms with Crippen LogP contribution in [-0.2, 0) is 6.54 Å². The van der Waals surface area contributed by atoms with E-state index in [1.54, 1.807) is 0 Å². The van der Waals surface area contributed by atoms with Crippen LogP contribution in [0.25, 0.3) is 0 Å². The molecule has 0 aliphatic rings. The first kappa shape index (κ1) is 16.1. The zero-order valence-electron chi connectivity index (χ0n) is 12.1. The van der Waals surface area contributed by atoms with Gasteiger partial charge in [-0.05, 0) is 37.8 Å². The minimum Gasteiger partial charge on any atom is -0.303 e. The molecule has 0 radical (unpaired) electrons. The summed E-state index contributed by atoms with van der Waals surface area (Å²) in [7, 11) is 0. The summed E-state index contributed by atoms with van der Waals surface area (Å²) in [5, 5.41) is 0. The summed E-state index contributed by atoms with van der Waals surface area (Å²) in [5.41, 5.74) is 0.432. The van der Waals surface area contributed by atoms with Gasteiger partial charge in [0.25, 0.3) is 0 Å². The molecule has 0 amide bonds. The van der Waals surface area contributed by atoms with Gasteiger partial charge in [-0.2, -0.15) is 0 Å². The highest BCUT2D eigenvalue weighted by atomic mass is 19.1. The van der Waals surface area contributed by atoms with Gasteiger partial charge in [-0.1, -0.05) is 20.8 Å². The predicted octanol–water partition coefficient (Wildman–Crippen LogP) is 3.13. The molecule has 108 valence electrons. The van der Waals surface area contributed by atoms with Gasteiger partial charge in [-0.25, -0.2) is 8.78 Å². The Morgan fingerprint density at radius 2 is 1.47 bits per heavy atom. The van der Waals surface area contributed by atoms with E-state index in [2.05, 4.69) is 23.6 Å². The number of hydrogen-bond donors (Lipinski definition) is 0. The van der Waals surface area contributed by atoms with Crippen molar-refractivity contribution >= 4 is 0 Å². The largest absolute Gasteiger partial charge is 0.303 e. The van der Waals surface area contributed by atoms with E-state index in [1.807, 2.05) is 6.92 Å². The molecule has 1 rings (SSSR count). The molecular weight excluding hydrogens is 246 g/mol. The summed E-state index contributed by atoms with van der Waals surface area (Å²) in [6.07, 6.45) is 0. The van der Waals surface area contributed by atoms with Crippen molar-refractivity contribution in [3.63, 3.8) is 0 Å². The fourth-order valence-corrected chi connectivity index (χ4v) is 2.08. The fraction of sp³-hybridized carbons (Fsp3) is 0.600. The topological polar surface area (TPSA) is 6.48 Å². The zero-order chi connectivity index (χ0) is 14.3. The first-order valence-corrected chi connectivity index (χ1v) is 6.99. The molecule has 0 aliphatic carbocycles. The van der Waals surface area contributed by atoms with E-state index < -0.39 is 0 Å². The maximum Gasteiger partial charge on any atom is 0.127 e. The Morgan fingerprint density at radius 3 is 2.05 bits per heavy atom. The van der Waals surface area contributed by atoms with E-state index in [0.717, 1.165) is 38.8 Å². The molecule has 2 nitrogen and oxygen atoms in total. The Labute approximate surface area is 115 Å². The van der Waals surface area contributed by atoms with Crippen molar-refractivity contribution < 1.29 is 8.78 Å². The molecule has 0 saturated heterocycles. The fourth-order valence-electron chi connectivity index (χ4n) is 2.08. The van der Waals surface area contributed by atoms with E-state index in [-0.39, 0.29) is 11.6 Å². The SMILES string of the molecule is CCN(CC)CCN(CC)Cc1cc(F)ccc1F. The lowest BCUT2D eigenvalue weighted by molar-refractivity contribution is 0.213. The number of benzene rings is 1. The molecule has 0 saturated carbocycles. The van der Waals surface area contributed by atoms with Crippen LogP contribution < -0.4 is 0 Å². The molecule has 0 aromatic heterocycles. The Hall–Kier alpha value is -1.00. The first-order valence-electron chi connectivity index (χ1n) is 6.99. The van der Waals surface area contributed by atoms with Gasteiger partial charge in [0.1, 0.15) is 11.6 Å².